The number of carbonyl (C=O) groups excluding carboxylic acids is 1. The van der Waals surface area contributed by atoms with Gasteiger partial charge in [-0.15, -0.1) is 0 Å². The van der Waals surface area contributed by atoms with Gasteiger partial charge in [0.1, 0.15) is 0 Å². The molecule has 2 aromatic carbocycles. The zero-order valence-corrected chi connectivity index (χ0v) is 14.1. The van der Waals surface area contributed by atoms with E-state index in [9.17, 15) is 4.79 Å². The fraction of sp³-hybridized carbons (Fsp3) is 0.238. The van der Waals surface area contributed by atoms with Gasteiger partial charge in [-0.25, -0.2) is 0 Å². The molecule has 0 bridgehead atoms. The molecule has 0 saturated heterocycles. The van der Waals surface area contributed by atoms with Gasteiger partial charge in [-0.3, -0.25) is 14.7 Å². The summed E-state index contributed by atoms with van der Waals surface area (Å²) in [7, 11) is 0. The molecule has 1 amide bonds. The van der Waals surface area contributed by atoms with Crippen LogP contribution in [0.5, 0.6) is 0 Å². The fourth-order valence-electron chi connectivity index (χ4n) is 3.42. The monoisotopic (exact) mass is 331 g/mol. The molecule has 25 heavy (non-hydrogen) atoms. The molecule has 1 aromatic heterocycles. The summed E-state index contributed by atoms with van der Waals surface area (Å²) in [5, 5.41) is 4.05. The van der Waals surface area contributed by atoms with E-state index in [1.165, 1.54) is 11.1 Å². The Kier molecular flexibility index (Phi) is 4.44. The topological polar surface area (TPSA) is 45.2 Å². The molecule has 126 valence electrons. The minimum Gasteiger partial charge on any atom is -0.324 e. The number of anilines is 1. The van der Waals surface area contributed by atoms with E-state index in [0.717, 1.165) is 42.6 Å². The van der Waals surface area contributed by atoms with Crippen molar-refractivity contribution in [2.24, 2.45) is 0 Å². The van der Waals surface area contributed by atoms with Gasteiger partial charge in [-0.2, -0.15) is 0 Å². The number of aromatic nitrogens is 1. The van der Waals surface area contributed by atoms with E-state index >= 15 is 0 Å². The Morgan fingerprint density at radius 1 is 1.04 bits per heavy atom. The Morgan fingerprint density at radius 3 is 2.80 bits per heavy atom. The van der Waals surface area contributed by atoms with Crippen LogP contribution in [0.1, 0.15) is 17.5 Å². The molecule has 0 atom stereocenters. The first-order valence-corrected chi connectivity index (χ1v) is 8.72. The molecule has 3 aromatic rings. The molecule has 0 saturated carbocycles. The number of nitrogens with zero attached hydrogens (tertiary/aromatic N) is 2. The molecular weight excluding hydrogens is 310 g/mol. The van der Waals surface area contributed by atoms with Gasteiger partial charge < -0.3 is 5.32 Å². The summed E-state index contributed by atoms with van der Waals surface area (Å²) in [4.78, 5) is 19.1. The summed E-state index contributed by atoms with van der Waals surface area (Å²) in [6, 6.07) is 18.3. The van der Waals surface area contributed by atoms with E-state index in [4.69, 9.17) is 0 Å². The minimum atomic E-state index is 0.0389. The highest BCUT2D eigenvalue weighted by Gasteiger charge is 2.16. The summed E-state index contributed by atoms with van der Waals surface area (Å²) >= 11 is 0. The molecule has 4 heteroatoms. The van der Waals surface area contributed by atoms with Crippen molar-refractivity contribution in [3.63, 3.8) is 0 Å². The van der Waals surface area contributed by atoms with Crippen LogP contribution in [0.2, 0.25) is 0 Å². The lowest BCUT2D eigenvalue weighted by molar-refractivity contribution is -0.116. The van der Waals surface area contributed by atoms with Crippen LogP contribution in [-0.2, 0) is 17.8 Å². The molecule has 1 aliphatic rings. The number of nitrogens with one attached hydrogen (secondary N) is 1. The molecule has 0 fully saturated rings. The number of amides is 1. The normalized spacial score (nSPS) is 14.2. The fourth-order valence-corrected chi connectivity index (χ4v) is 3.42. The highest BCUT2D eigenvalue weighted by molar-refractivity contribution is 6.00. The third-order valence-corrected chi connectivity index (χ3v) is 4.77. The van der Waals surface area contributed by atoms with Crippen molar-refractivity contribution in [3.05, 3.63) is 71.9 Å². The molecular formula is C21H21N3O. The van der Waals surface area contributed by atoms with Crippen molar-refractivity contribution in [3.8, 4) is 0 Å². The predicted molar refractivity (Wildman–Crippen MR) is 100 cm³/mol. The van der Waals surface area contributed by atoms with Gasteiger partial charge in [0.05, 0.1) is 11.2 Å². The summed E-state index contributed by atoms with van der Waals surface area (Å²) in [6.45, 7) is 2.72. The van der Waals surface area contributed by atoms with Gasteiger partial charge in [0, 0.05) is 37.6 Å². The Hall–Kier alpha value is -2.72. The number of para-hydroxylation sites is 1. The van der Waals surface area contributed by atoms with Gasteiger partial charge in [0.2, 0.25) is 5.91 Å². The highest BCUT2D eigenvalue weighted by Crippen LogP contribution is 2.21. The van der Waals surface area contributed by atoms with Gasteiger partial charge in [0.25, 0.3) is 0 Å². The first kappa shape index (κ1) is 15.8. The van der Waals surface area contributed by atoms with E-state index < -0.39 is 0 Å². The van der Waals surface area contributed by atoms with Crippen LogP contribution in [0, 0.1) is 0 Å². The first-order chi connectivity index (χ1) is 12.3. The minimum absolute atomic E-state index is 0.0389. The maximum Gasteiger partial charge on any atom is 0.225 e. The quantitative estimate of drug-likeness (QED) is 0.794. The molecule has 0 spiro atoms. The maximum atomic E-state index is 12.4. The Morgan fingerprint density at radius 2 is 1.88 bits per heavy atom. The predicted octanol–water partition coefficient (Wildman–Crippen LogP) is 3.62. The van der Waals surface area contributed by atoms with Gasteiger partial charge >= 0.3 is 0 Å². The standard InChI is InChI=1S/C21H21N3O/c25-20(23-19-9-3-7-17-8-4-12-22-21(17)19)11-14-24-13-10-16-5-1-2-6-18(16)15-24/h1-9,12H,10-11,13-15H2,(H,23,25). The zero-order valence-electron chi connectivity index (χ0n) is 14.1. The van der Waals surface area contributed by atoms with Crippen LogP contribution in [-0.4, -0.2) is 28.9 Å². The number of hydrogen-bond donors (Lipinski definition) is 1. The largest absolute Gasteiger partial charge is 0.324 e. The molecule has 0 aliphatic carbocycles. The van der Waals surface area contributed by atoms with Crippen molar-refractivity contribution in [2.45, 2.75) is 19.4 Å². The van der Waals surface area contributed by atoms with Crippen molar-refractivity contribution in [1.29, 1.82) is 0 Å². The summed E-state index contributed by atoms with van der Waals surface area (Å²) in [5.41, 5.74) is 4.44. The lowest BCUT2D eigenvalue weighted by Gasteiger charge is -2.28. The average Bonchev–Trinajstić information content (AvgIpc) is 2.66. The van der Waals surface area contributed by atoms with Crippen molar-refractivity contribution < 1.29 is 4.79 Å². The van der Waals surface area contributed by atoms with Crippen LogP contribution >= 0.6 is 0 Å². The van der Waals surface area contributed by atoms with E-state index in [1.807, 2.05) is 30.3 Å². The number of pyridine rings is 1. The van der Waals surface area contributed by atoms with Crippen LogP contribution < -0.4 is 5.32 Å². The molecule has 2 heterocycles. The van der Waals surface area contributed by atoms with Crippen molar-refractivity contribution in [1.82, 2.24) is 9.88 Å². The summed E-state index contributed by atoms with van der Waals surface area (Å²) < 4.78 is 0. The lowest BCUT2D eigenvalue weighted by atomic mass is 10.00. The van der Waals surface area contributed by atoms with Crippen LogP contribution in [0.25, 0.3) is 10.9 Å². The van der Waals surface area contributed by atoms with Crippen LogP contribution in [0.3, 0.4) is 0 Å². The highest BCUT2D eigenvalue weighted by atomic mass is 16.1. The van der Waals surface area contributed by atoms with Gasteiger partial charge in [-0.1, -0.05) is 42.5 Å². The number of fused-ring (bicyclic) bond motifs is 2. The second kappa shape index (κ2) is 7.03. The second-order valence-electron chi connectivity index (χ2n) is 6.47. The maximum absolute atomic E-state index is 12.4. The van der Waals surface area contributed by atoms with E-state index in [1.54, 1.807) is 6.20 Å². The van der Waals surface area contributed by atoms with E-state index in [-0.39, 0.29) is 5.91 Å². The molecule has 4 rings (SSSR count). The number of rotatable bonds is 4. The second-order valence-corrected chi connectivity index (χ2v) is 6.47. The lowest BCUT2D eigenvalue weighted by Crippen LogP contribution is -2.33. The third kappa shape index (κ3) is 3.54. The average molecular weight is 331 g/mol. The Labute approximate surface area is 147 Å². The first-order valence-electron chi connectivity index (χ1n) is 8.72. The van der Waals surface area contributed by atoms with Crippen molar-refractivity contribution in [2.75, 3.05) is 18.4 Å². The Balaban J connectivity index is 1.37. The molecule has 1 N–H and O–H groups in total. The number of carbonyl (C=O) groups is 1. The summed E-state index contributed by atoms with van der Waals surface area (Å²) in [5.74, 6) is 0.0389. The summed E-state index contributed by atoms with van der Waals surface area (Å²) in [6.07, 6.45) is 3.31. The molecule has 0 radical (unpaired) electrons. The van der Waals surface area contributed by atoms with E-state index in [0.29, 0.717) is 6.42 Å². The third-order valence-electron chi connectivity index (χ3n) is 4.77. The number of benzene rings is 2. The van der Waals surface area contributed by atoms with Crippen molar-refractivity contribution >= 4 is 22.5 Å². The van der Waals surface area contributed by atoms with Gasteiger partial charge in [0.15, 0.2) is 0 Å². The SMILES string of the molecule is O=C(CCN1CCc2ccccc2C1)Nc1cccc2cccnc12. The van der Waals surface area contributed by atoms with E-state index in [2.05, 4.69) is 39.5 Å². The zero-order chi connectivity index (χ0) is 17.1. The molecule has 4 nitrogen and oxygen atoms in total. The smallest absolute Gasteiger partial charge is 0.225 e. The van der Waals surface area contributed by atoms with Crippen LogP contribution in [0.15, 0.2) is 60.8 Å². The molecule has 0 unspecified atom stereocenters. The Bertz CT molecular complexity index is 901. The number of hydrogen-bond acceptors (Lipinski definition) is 3. The molecule has 1 aliphatic heterocycles. The van der Waals surface area contributed by atoms with Gasteiger partial charge in [-0.05, 0) is 29.7 Å². The van der Waals surface area contributed by atoms with Crippen LogP contribution in [0.4, 0.5) is 5.69 Å².